The van der Waals surface area contributed by atoms with Gasteiger partial charge in [-0.1, -0.05) is 29.8 Å². The van der Waals surface area contributed by atoms with Gasteiger partial charge in [0, 0.05) is 0 Å². The van der Waals surface area contributed by atoms with E-state index in [1.54, 1.807) is 0 Å². The molecule has 1 aromatic heterocycles. The summed E-state index contributed by atoms with van der Waals surface area (Å²) in [6, 6.07) is 19.3. The Morgan fingerprint density at radius 3 is 2.31 bits per heavy atom. The van der Waals surface area contributed by atoms with Crippen molar-refractivity contribution in [3.8, 4) is 22.6 Å². The molecule has 2 heterocycles. The predicted octanol–water partition coefficient (Wildman–Crippen LogP) is 3.50. The highest BCUT2D eigenvalue weighted by Crippen LogP contribution is 2.30. The Morgan fingerprint density at radius 2 is 1.62 bits per heavy atom. The van der Waals surface area contributed by atoms with Crippen LogP contribution in [0, 0.1) is 6.92 Å². The Labute approximate surface area is 152 Å². The lowest BCUT2D eigenvalue weighted by Gasteiger charge is -2.15. The molecule has 4 rings (SSSR count). The topological polar surface area (TPSA) is 59.3 Å². The number of ether oxygens (including phenoxy) is 1. The van der Waals surface area contributed by atoms with Crippen molar-refractivity contribution in [1.29, 1.82) is 0 Å². The maximum Gasteiger partial charge on any atom is 0.302 e. The third kappa shape index (κ3) is 3.41. The molecule has 1 N–H and O–H groups in total. The van der Waals surface area contributed by atoms with Crippen LogP contribution in [0.1, 0.15) is 5.56 Å². The number of hydrogen-bond acceptors (Lipinski definition) is 3. The number of nitrogens with zero attached hydrogens (tertiary/aromatic N) is 1. The molecule has 0 saturated carbocycles. The second kappa shape index (κ2) is 6.46. The Kier molecular flexibility index (Phi) is 4.12. The minimum Gasteiger partial charge on any atom is -0.457 e. The van der Waals surface area contributed by atoms with Gasteiger partial charge in [0.15, 0.2) is 0 Å². The molecule has 0 atom stereocenters. The van der Waals surface area contributed by atoms with Crippen LogP contribution in [0.2, 0.25) is 0 Å². The van der Waals surface area contributed by atoms with Crippen LogP contribution >= 0.6 is 0 Å². The first-order valence-corrected chi connectivity index (χ1v) is 10.0. The Hall–Kier alpha value is -2.86. The average Bonchev–Trinajstić information content (AvgIpc) is 2.63. The quantitative estimate of drug-likeness (QED) is 0.721. The fourth-order valence-corrected chi connectivity index (χ4v) is 4.01. The van der Waals surface area contributed by atoms with Gasteiger partial charge in [0.2, 0.25) is 0 Å². The first kappa shape index (κ1) is 16.6. The number of fused-ring (bicyclic) bond motifs is 1. The van der Waals surface area contributed by atoms with Crippen LogP contribution < -0.4 is 14.0 Å². The zero-order valence-electron chi connectivity index (χ0n) is 14.3. The number of aryl methyl sites for hydroxylation is 2. The third-order valence-electron chi connectivity index (χ3n) is 4.35. The van der Waals surface area contributed by atoms with E-state index in [9.17, 15) is 8.42 Å². The minimum atomic E-state index is -3.27. The van der Waals surface area contributed by atoms with E-state index in [1.807, 2.05) is 78.4 Å². The van der Waals surface area contributed by atoms with Crippen LogP contribution in [-0.4, -0.2) is 14.2 Å². The lowest BCUT2D eigenvalue weighted by Crippen LogP contribution is -2.47. The average molecular weight is 367 g/mol. The van der Waals surface area contributed by atoms with Gasteiger partial charge in [-0.3, -0.25) is 0 Å². The molecule has 3 aromatic rings. The van der Waals surface area contributed by atoms with Gasteiger partial charge in [0.05, 0.1) is 11.8 Å². The van der Waals surface area contributed by atoms with Gasteiger partial charge < -0.3 is 4.74 Å². The minimum absolute atomic E-state index is 0.0947. The second-order valence-electron chi connectivity index (χ2n) is 6.32. The maximum absolute atomic E-state index is 11.9. The van der Waals surface area contributed by atoms with Crippen molar-refractivity contribution in [1.82, 2.24) is 0 Å². The predicted molar refractivity (Wildman–Crippen MR) is 101 cm³/mol. The molecule has 0 unspecified atom stereocenters. The van der Waals surface area contributed by atoms with Crippen LogP contribution in [0.3, 0.4) is 0 Å². The molecule has 1 aliphatic rings. The molecule has 26 heavy (non-hydrogen) atoms. The molecule has 2 aromatic carbocycles. The summed E-state index contributed by atoms with van der Waals surface area (Å²) in [6.45, 7) is 2.48. The van der Waals surface area contributed by atoms with E-state index in [0.29, 0.717) is 12.4 Å². The summed E-state index contributed by atoms with van der Waals surface area (Å²) in [5.74, 6) is 2.21. The van der Waals surface area contributed by atoms with E-state index in [-0.39, 0.29) is 5.75 Å². The summed E-state index contributed by atoms with van der Waals surface area (Å²) in [5.41, 5.74) is 2.95. The molecule has 0 amide bonds. The van der Waals surface area contributed by atoms with Gasteiger partial charge in [-0.05, 0) is 48.9 Å². The summed E-state index contributed by atoms with van der Waals surface area (Å²) in [4.78, 5) is 0. The molecule has 132 valence electrons. The molecule has 0 bridgehead atoms. The smallest absolute Gasteiger partial charge is 0.302 e. The normalized spacial score (nSPS) is 15.0. The number of hydrogen-bond donors (Lipinski definition) is 1. The number of aromatic nitrogens is 1. The Morgan fingerprint density at radius 1 is 0.962 bits per heavy atom. The Bertz CT molecular complexity index is 1040. The van der Waals surface area contributed by atoms with E-state index >= 15 is 0 Å². The summed E-state index contributed by atoms with van der Waals surface area (Å²) < 4.78 is 34.3. The molecule has 0 radical (unpaired) electrons. The van der Waals surface area contributed by atoms with Crippen LogP contribution in [0.5, 0.6) is 11.5 Å². The zero-order chi connectivity index (χ0) is 18.1. The van der Waals surface area contributed by atoms with Crippen LogP contribution in [-0.2, 0) is 16.6 Å². The van der Waals surface area contributed by atoms with Crippen molar-refractivity contribution in [2.45, 2.75) is 13.5 Å². The van der Waals surface area contributed by atoms with Crippen molar-refractivity contribution < 1.29 is 17.7 Å². The highest BCUT2D eigenvalue weighted by molar-refractivity contribution is 7.92. The van der Waals surface area contributed by atoms with Gasteiger partial charge in [-0.15, -0.1) is 0 Å². The van der Waals surface area contributed by atoms with E-state index in [4.69, 9.17) is 4.74 Å². The van der Waals surface area contributed by atoms with Gasteiger partial charge in [0.1, 0.15) is 23.8 Å². The van der Waals surface area contributed by atoms with Crippen molar-refractivity contribution in [3.63, 3.8) is 0 Å². The Balaban J connectivity index is 1.63. The molecule has 0 spiro atoms. The summed E-state index contributed by atoms with van der Waals surface area (Å²) in [5, 5.41) is 0. The fourth-order valence-electron chi connectivity index (χ4n) is 2.95. The molecule has 6 heteroatoms. The third-order valence-corrected chi connectivity index (χ3v) is 5.57. The first-order chi connectivity index (χ1) is 12.5. The highest BCUT2D eigenvalue weighted by atomic mass is 32.2. The number of benzene rings is 2. The molecule has 0 fully saturated rings. The lowest BCUT2D eigenvalue weighted by atomic mass is 10.1. The largest absolute Gasteiger partial charge is 0.457 e. The first-order valence-electron chi connectivity index (χ1n) is 8.38. The standard InChI is InChI=1S/C20H18N2O3S/c1-15-4-8-17(9-5-15)25-18-10-6-16(7-11-18)19-3-2-12-22-13-14-26(23,24)21-20(19)22/h2-12H,13-14H2,1H3/p+1. The van der Waals surface area contributed by atoms with Gasteiger partial charge in [-0.2, -0.15) is 13.1 Å². The number of sulfonamides is 1. The second-order valence-corrected chi connectivity index (χ2v) is 8.17. The molecule has 5 nitrogen and oxygen atoms in total. The summed E-state index contributed by atoms with van der Waals surface area (Å²) in [7, 11) is -3.27. The number of anilines is 1. The molecule has 1 aliphatic heterocycles. The maximum atomic E-state index is 11.9. The molecule has 0 aliphatic carbocycles. The molecular formula is C20H19N2O3S+. The van der Waals surface area contributed by atoms with Crippen molar-refractivity contribution in [2.24, 2.45) is 0 Å². The van der Waals surface area contributed by atoms with Crippen molar-refractivity contribution >= 4 is 15.8 Å². The van der Waals surface area contributed by atoms with Gasteiger partial charge in [0.25, 0.3) is 5.82 Å². The van der Waals surface area contributed by atoms with E-state index in [1.165, 1.54) is 5.56 Å². The van der Waals surface area contributed by atoms with Crippen molar-refractivity contribution in [2.75, 3.05) is 10.5 Å². The van der Waals surface area contributed by atoms with E-state index < -0.39 is 10.0 Å². The number of rotatable bonds is 3. The number of nitrogens with one attached hydrogen (secondary N) is 1. The monoisotopic (exact) mass is 367 g/mol. The van der Waals surface area contributed by atoms with E-state index in [0.717, 1.165) is 22.6 Å². The summed E-state index contributed by atoms with van der Waals surface area (Å²) >= 11 is 0. The lowest BCUT2D eigenvalue weighted by molar-refractivity contribution is -0.679. The zero-order valence-corrected chi connectivity index (χ0v) is 15.2. The SMILES string of the molecule is Cc1ccc(Oc2ccc(-c3ccc[n+]4c3NS(=O)(=O)CC4)cc2)cc1. The van der Waals surface area contributed by atoms with Crippen molar-refractivity contribution in [3.05, 3.63) is 72.4 Å². The molecular weight excluding hydrogens is 348 g/mol. The van der Waals surface area contributed by atoms with Crippen LogP contribution in [0.25, 0.3) is 11.1 Å². The van der Waals surface area contributed by atoms with Gasteiger partial charge >= 0.3 is 10.0 Å². The van der Waals surface area contributed by atoms with E-state index in [2.05, 4.69) is 4.72 Å². The van der Waals surface area contributed by atoms with Gasteiger partial charge in [-0.25, -0.2) is 4.57 Å². The fraction of sp³-hybridized carbons (Fsp3) is 0.150. The van der Waals surface area contributed by atoms with Crippen LogP contribution in [0.15, 0.2) is 66.9 Å². The highest BCUT2D eigenvalue weighted by Gasteiger charge is 2.29. The summed E-state index contributed by atoms with van der Waals surface area (Å²) in [6.07, 6.45) is 1.88. The number of pyridine rings is 1. The van der Waals surface area contributed by atoms with Crippen LogP contribution in [0.4, 0.5) is 5.82 Å². The molecule has 0 saturated heterocycles.